The minimum absolute atomic E-state index is 0.113. The average molecular weight is 325 g/mol. The fourth-order valence-corrected chi connectivity index (χ4v) is 2.89. The standard InChI is InChI=1S/C19H35NO3/c1-6-11-14-19(9-4,13-7-2)16-23-18(22)12-15-20(10-5)17(21)8-3/h8H,3,6-7,9-16H2,1-2,4-5H3. The molecule has 0 heterocycles. The molecular formula is C19H35NO3. The SMILES string of the molecule is C=CC(=O)N(CC)CCC(=O)OCC(CC)(CCC)CCCC. The fourth-order valence-electron chi connectivity index (χ4n) is 2.89. The number of rotatable bonds is 13. The van der Waals surface area contributed by atoms with Crippen LogP contribution in [0, 0.1) is 5.41 Å². The van der Waals surface area contributed by atoms with Crippen molar-refractivity contribution >= 4 is 11.9 Å². The first-order valence-corrected chi connectivity index (χ1v) is 9.05. The van der Waals surface area contributed by atoms with Crippen LogP contribution in [-0.4, -0.2) is 36.5 Å². The van der Waals surface area contributed by atoms with Crippen molar-refractivity contribution in [2.24, 2.45) is 5.41 Å². The summed E-state index contributed by atoms with van der Waals surface area (Å²) in [6.07, 6.45) is 8.19. The van der Waals surface area contributed by atoms with E-state index in [-0.39, 0.29) is 23.7 Å². The number of nitrogens with zero attached hydrogens (tertiary/aromatic N) is 1. The summed E-state index contributed by atoms with van der Waals surface area (Å²) in [6.45, 7) is 13.4. The number of hydrogen-bond donors (Lipinski definition) is 0. The smallest absolute Gasteiger partial charge is 0.307 e. The lowest BCUT2D eigenvalue weighted by Crippen LogP contribution is -2.33. The number of hydrogen-bond acceptors (Lipinski definition) is 3. The van der Waals surface area contributed by atoms with Gasteiger partial charge in [-0.15, -0.1) is 0 Å². The van der Waals surface area contributed by atoms with E-state index in [2.05, 4.69) is 27.4 Å². The number of ether oxygens (including phenoxy) is 1. The summed E-state index contributed by atoms with van der Waals surface area (Å²) in [5.74, 6) is -0.358. The van der Waals surface area contributed by atoms with E-state index in [4.69, 9.17) is 4.74 Å². The lowest BCUT2D eigenvalue weighted by atomic mass is 9.77. The van der Waals surface area contributed by atoms with Gasteiger partial charge >= 0.3 is 5.97 Å². The number of carbonyl (C=O) groups is 2. The molecule has 0 saturated heterocycles. The Morgan fingerprint density at radius 2 is 1.83 bits per heavy atom. The van der Waals surface area contributed by atoms with Gasteiger partial charge in [0.05, 0.1) is 13.0 Å². The molecule has 0 aromatic rings. The third-order valence-electron chi connectivity index (χ3n) is 4.58. The summed E-state index contributed by atoms with van der Waals surface area (Å²) in [7, 11) is 0. The Bertz CT molecular complexity index is 368. The van der Waals surface area contributed by atoms with E-state index in [1.165, 1.54) is 12.5 Å². The quantitative estimate of drug-likeness (QED) is 0.374. The van der Waals surface area contributed by atoms with E-state index >= 15 is 0 Å². The van der Waals surface area contributed by atoms with Gasteiger partial charge in [-0.1, -0.05) is 46.6 Å². The Kier molecular flexibility index (Phi) is 11.4. The van der Waals surface area contributed by atoms with Crippen LogP contribution >= 0.6 is 0 Å². The predicted molar refractivity (Wildman–Crippen MR) is 95.2 cm³/mol. The maximum atomic E-state index is 12.0. The van der Waals surface area contributed by atoms with Crippen molar-refractivity contribution in [3.63, 3.8) is 0 Å². The van der Waals surface area contributed by atoms with Gasteiger partial charge in [0, 0.05) is 18.5 Å². The number of likely N-dealkylation sites (N-methyl/N-ethyl adjacent to an activating group) is 1. The summed E-state index contributed by atoms with van der Waals surface area (Å²) in [5, 5.41) is 0. The summed E-state index contributed by atoms with van der Waals surface area (Å²) >= 11 is 0. The van der Waals surface area contributed by atoms with Crippen LogP contribution in [0.5, 0.6) is 0 Å². The van der Waals surface area contributed by atoms with E-state index in [1.54, 1.807) is 4.90 Å². The molecular weight excluding hydrogens is 290 g/mol. The minimum Gasteiger partial charge on any atom is -0.465 e. The van der Waals surface area contributed by atoms with Crippen molar-refractivity contribution in [1.29, 1.82) is 0 Å². The Hall–Kier alpha value is -1.32. The highest BCUT2D eigenvalue weighted by atomic mass is 16.5. The molecule has 0 aliphatic heterocycles. The van der Waals surface area contributed by atoms with Crippen molar-refractivity contribution in [2.75, 3.05) is 19.7 Å². The number of amides is 1. The minimum atomic E-state index is -0.217. The normalized spacial score (nSPS) is 13.2. The largest absolute Gasteiger partial charge is 0.465 e. The van der Waals surface area contributed by atoms with Crippen LogP contribution in [0.3, 0.4) is 0 Å². The van der Waals surface area contributed by atoms with Crippen LogP contribution in [0.1, 0.15) is 72.6 Å². The highest BCUT2D eigenvalue weighted by Gasteiger charge is 2.28. The molecule has 0 N–H and O–H groups in total. The molecule has 0 saturated carbocycles. The lowest BCUT2D eigenvalue weighted by Gasteiger charge is -2.32. The predicted octanol–water partition coefficient (Wildman–Crippen LogP) is 4.34. The molecule has 134 valence electrons. The molecule has 0 radical (unpaired) electrons. The second kappa shape index (κ2) is 12.1. The summed E-state index contributed by atoms with van der Waals surface area (Å²) in [6, 6.07) is 0. The van der Waals surface area contributed by atoms with Gasteiger partial charge in [0.25, 0.3) is 0 Å². The first kappa shape index (κ1) is 21.7. The van der Waals surface area contributed by atoms with E-state index in [9.17, 15) is 9.59 Å². The van der Waals surface area contributed by atoms with E-state index < -0.39 is 0 Å². The number of unbranched alkanes of at least 4 members (excludes halogenated alkanes) is 1. The molecule has 23 heavy (non-hydrogen) atoms. The summed E-state index contributed by atoms with van der Waals surface area (Å²) in [5.41, 5.74) is 0.113. The van der Waals surface area contributed by atoms with Gasteiger partial charge in [-0.3, -0.25) is 9.59 Å². The number of esters is 1. The molecule has 4 heteroatoms. The monoisotopic (exact) mass is 325 g/mol. The van der Waals surface area contributed by atoms with Crippen LogP contribution in [0.4, 0.5) is 0 Å². The zero-order valence-corrected chi connectivity index (χ0v) is 15.5. The van der Waals surface area contributed by atoms with Gasteiger partial charge in [0.1, 0.15) is 0 Å². The average Bonchev–Trinajstić information content (AvgIpc) is 2.57. The van der Waals surface area contributed by atoms with Gasteiger partial charge in [-0.05, 0) is 32.3 Å². The Balaban J connectivity index is 4.45. The van der Waals surface area contributed by atoms with Crippen molar-refractivity contribution in [3.05, 3.63) is 12.7 Å². The summed E-state index contributed by atoms with van der Waals surface area (Å²) in [4.78, 5) is 25.2. The molecule has 0 aromatic carbocycles. The lowest BCUT2D eigenvalue weighted by molar-refractivity contribution is -0.148. The molecule has 0 aliphatic rings. The molecule has 0 aromatic heterocycles. The fraction of sp³-hybridized carbons (Fsp3) is 0.789. The third kappa shape index (κ3) is 8.19. The van der Waals surface area contributed by atoms with E-state index in [1.807, 2.05) is 6.92 Å². The second-order valence-electron chi connectivity index (χ2n) is 6.24. The van der Waals surface area contributed by atoms with E-state index in [0.717, 1.165) is 32.1 Å². The van der Waals surface area contributed by atoms with Crippen molar-refractivity contribution in [1.82, 2.24) is 4.90 Å². The van der Waals surface area contributed by atoms with Crippen LogP contribution in [0.2, 0.25) is 0 Å². The molecule has 0 fully saturated rings. The van der Waals surface area contributed by atoms with Crippen molar-refractivity contribution < 1.29 is 14.3 Å². The third-order valence-corrected chi connectivity index (χ3v) is 4.58. The molecule has 1 unspecified atom stereocenters. The van der Waals surface area contributed by atoms with Gasteiger partial charge in [0.15, 0.2) is 0 Å². The second-order valence-corrected chi connectivity index (χ2v) is 6.24. The van der Waals surface area contributed by atoms with Crippen molar-refractivity contribution in [3.8, 4) is 0 Å². The Morgan fingerprint density at radius 3 is 2.30 bits per heavy atom. The zero-order chi connectivity index (χ0) is 17.7. The zero-order valence-electron chi connectivity index (χ0n) is 15.5. The first-order valence-electron chi connectivity index (χ1n) is 9.05. The molecule has 0 spiro atoms. The summed E-state index contributed by atoms with van der Waals surface area (Å²) < 4.78 is 5.55. The molecule has 1 amide bonds. The van der Waals surface area contributed by atoms with Crippen LogP contribution in [-0.2, 0) is 14.3 Å². The highest BCUT2D eigenvalue weighted by molar-refractivity contribution is 5.87. The molecule has 1 atom stereocenters. The number of carbonyl (C=O) groups excluding carboxylic acids is 2. The first-order chi connectivity index (χ1) is 11.0. The van der Waals surface area contributed by atoms with Gasteiger partial charge in [-0.25, -0.2) is 0 Å². The topological polar surface area (TPSA) is 46.6 Å². The van der Waals surface area contributed by atoms with Crippen LogP contribution in [0.15, 0.2) is 12.7 Å². The molecule has 0 rings (SSSR count). The van der Waals surface area contributed by atoms with Gasteiger partial charge in [0.2, 0.25) is 5.91 Å². The van der Waals surface area contributed by atoms with Gasteiger partial charge in [-0.2, -0.15) is 0 Å². The molecule has 4 nitrogen and oxygen atoms in total. The van der Waals surface area contributed by atoms with Crippen LogP contribution in [0.25, 0.3) is 0 Å². The van der Waals surface area contributed by atoms with E-state index in [0.29, 0.717) is 19.7 Å². The highest BCUT2D eigenvalue weighted by Crippen LogP contribution is 2.34. The van der Waals surface area contributed by atoms with Crippen molar-refractivity contribution in [2.45, 2.75) is 72.6 Å². The maximum Gasteiger partial charge on any atom is 0.307 e. The maximum absolute atomic E-state index is 12.0. The Morgan fingerprint density at radius 1 is 1.13 bits per heavy atom. The van der Waals surface area contributed by atoms with Crippen LogP contribution < -0.4 is 0 Å². The molecule has 0 aliphatic carbocycles. The van der Waals surface area contributed by atoms with Gasteiger partial charge < -0.3 is 9.64 Å². The molecule has 0 bridgehead atoms. The Labute approximate surface area is 142 Å².